The molecule has 3 heteroatoms. The highest BCUT2D eigenvalue weighted by Gasteiger charge is 2.26. The highest BCUT2D eigenvalue weighted by atomic mass is 15.2. The van der Waals surface area contributed by atoms with Gasteiger partial charge in [-0.15, -0.1) is 0 Å². The summed E-state index contributed by atoms with van der Waals surface area (Å²) in [4.78, 5) is 6.87. The first-order valence-electron chi connectivity index (χ1n) is 5.16. The van der Waals surface area contributed by atoms with Gasteiger partial charge in [-0.1, -0.05) is 6.07 Å². The normalized spacial score (nSPS) is 22.0. The molecule has 2 rings (SSSR count). The van der Waals surface area contributed by atoms with E-state index in [1.165, 1.54) is 6.42 Å². The average molecular weight is 191 g/mol. The summed E-state index contributed by atoms with van der Waals surface area (Å²) in [7, 11) is 0. The topological polar surface area (TPSA) is 42.1 Å². The lowest BCUT2D eigenvalue weighted by Crippen LogP contribution is -2.51. The second kappa shape index (κ2) is 4.07. The van der Waals surface area contributed by atoms with Crippen LogP contribution in [0, 0.1) is 6.92 Å². The standard InChI is InChI=1S/C11H17N3/c1-9-3-2-4-10(13-9)8-14-6-5-11(14)7-12/h2-4,11H,5-8,12H2,1H3. The van der Waals surface area contributed by atoms with Gasteiger partial charge in [0.05, 0.1) is 5.69 Å². The van der Waals surface area contributed by atoms with Crippen molar-refractivity contribution in [1.82, 2.24) is 9.88 Å². The molecule has 1 aromatic rings. The Kier molecular flexibility index (Phi) is 2.79. The zero-order valence-electron chi connectivity index (χ0n) is 8.61. The van der Waals surface area contributed by atoms with E-state index in [0.717, 1.165) is 31.0 Å². The Balaban J connectivity index is 1.97. The Hall–Kier alpha value is -0.930. The van der Waals surface area contributed by atoms with E-state index in [4.69, 9.17) is 5.73 Å². The maximum atomic E-state index is 5.65. The van der Waals surface area contributed by atoms with Gasteiger partial charge in [0.25, 0.3) is 0 Å². The number of nitrogens with zero attached hydrogens (tertiary/aromatic N) is 2. The zero-order chi connectivity index (χ0) is 9.97. The molecule has 76 valence electrons. The summed E-state index contributed by atoms with van der Waals surface area (Å²) in [5.74, 6) is 0. The van der Waals surface area contributed by atoms with Crippen LogP contribution in [0.2, 0.25) is 0 Å². The summed E-state index contributed by atoms with van der Waals surface area (Å²) in [6, 6.07) is 6.76. The first-order chi connectivity index (χ1) is 6.79. The SMILES string of the molecule is Cc1cccc(CN2CCC2CN)n1. The molecule has 1 unspecified atom stereocenters. The summed E-state index contributed by atoms with van der Waals surface area (Å²) in [6.07, 6.45) is 1.24. The van der Waals surface area contributed by atoms with Gasteiger partial charge in [0.2, 0.25) is 0 Å². The van der Waals surface area contributed by atoms with Gasteiger partial charge in [0.15, 0.2) is 0 Å². The van der Waals surface area contributed by atoms with E-state index in [2.05, 4.69) is 22.0 Å². The molecule has 2 heterocycles. The van der Waals surface area contributed by atoms with Crippen molar-refractivity contribution < 1.29 is 0 Å². The van der Waals surface area contributed by atoms with Crippen molar-refractivity contribution in [2.24, 2.45) is 5.73 Å². The van der Waals surface area contributed by atoms with Crippen molar-refractivity contribution in [1.29, 1.82) is 0 Å². The van der Waals surface area contributed by atoms with E-state index >= 15 is 0 Å². The van der Waals surface area contributed by atoms with Crippen LogP contribution in [-0.4, -0.2) is 29.0 Å². The fourth-order valence-corrected chi connectivity index (χ4v) is 1.86. The molecule has 1 aliphatic rings. The second-order valence-corrected chi connectivity index (χ2v) is 3.92. The van der Waals surface area contributed by atoms with Gasteiger partial charge >= 0.3 is 0 Å². The van der Waals surface area contributed by atoms with Crippen LogP contribution in [0.3, 0.4) is 0 Å². The minimum Gasteiger partial charge on any atom is -0.329 e. The minimum absolute atomic E-state index is 0.581. The lowest BCUT2D eigenvalue weighted by Gasteiger charge is -2.40. The van der Waals surface area contributed by atoms with Gasteiger partial charge in [-0.2, -0.15) is 0 Å². The maximum absolute atomic E-state index is 5.65. The van der Waals surface area contributed by atoms with E-state index in [1.807, 2.05) is 13.0 Å². The van der Waals surface area contributed by atoms with Crippen LogP contribution in [0.25, 0.3) is 0 Å². The smallest absolute Gasteiger partial charge is 0.0547 e. The number of hydrogen-bond donors (Lipinski definition) is 1. The number of nitrogens with two attached hydrogens (primary N) is 1. The third kappa shape index (κ3) is 1.94. The number of aromatic nitrogens is 1. The van der Waals surface area contributed by atoms with Crippen LogP contribution >= 0.6 is 0 Å². The summed E-state index contributed by atoms with van der Waals surface area (Å²) < 4.78 is 0. The lowest BCUT2D eigenvalue weighted by atomic mass is 10.0. The lowest BCUT2D eigenvalue weighted by molar-refractivity contribution is 0.0867. The van der Waals surface area contributed by atoms with Crippen molar-refractivity contribution >= 4 is 0 Å². The van der Waals surface area contributed by atoms with Crippen molar-refractivity contribution in [2.75, 3.05) is 13.1 Å². The molecule has 0 aromatic carbocycles. The minimum atomic E-state index is 0.581. The van der Waals surface area contributed by atoms with Gasteiger partial charge < -0.3 is 5.73 Å². The summed E-state index contributed by atoms with van der Waals surface area (Å²) in [6.45, 7) is 4.91. The van der Waals surface area contributed by atoms with Gasteiger partial charge in [0, 0.05) is 31.4 Å². The number of rotatable bonds is 3. The van der Waals surface area contributed by atoms with Crippen LogP contribution in [0.5, 0.6) is 0 Å². The fourth-order valence-electron chi connectivity index (χ4n) is 1.86. The Labute approximate surface area is 84.9 Å². The van der Waals surface area contributed by atoms with Crippen molar-refractivity contribution in [3.8, 4) is 0 Å². The maximum Gasteiger partial charge on any atom is 0.0547 e. The van der Waals surface area contributed by atoms with E-state index in [-0.39, 0.29) is 0 Å². The summed E-state index contributed by atoms with van der Waals surface area (Å²) in [5.41, 5.74) is 7.89. The Morgan fingerprint density at radius 2 is 2.43 bits per heavy atom. The van der Waals surface area contributed by atoms with E-state index in [9.17, 15) is 0 Å². The molecule has 0 bridgehead atoms. The molecule has 0 saturated carbocycles. The number of pyridine rings is 1. The third-order valence-electron chi connectivity index (χ3n) is 2.85. The molecule has 1 aliphatic heterocycles. The van der Waals surface area contributed by atoms with E-state index < -0.39 is 0 Å². The highest BCUT2D eigenvalue weighted by molar-refractivity contribution is 5.10. The van der Waals surface area contributed by atoms with Gasteiger partial charge in [-0.05, 0) is 25.5 Å². The monoisotopic (exact) mass is 191 g/mol. The number of hydrogen-bond acceptors (Lipinski definition) is 3. The first kappa shape index (κ1) is 9.62. The number of aryl methyl sites for hydroxylation is 1. The molecule has 0 radical (unpaired) electrons. The van der Waals surface area contributed by atoms with E-state index in [1.54, 1.807) is 0 Å². The quantitative estimate of drug-likeness (QED) is 0.772. The second-order valence-electron chi connectivity index (χ2n) is 3.92. The molecule has 1 atom stereocenters. The van der Waals surface area contributed by atoms with Crippen molar-refractivity contribution in [2.45, 2.75) is 25.9 Å². The predicted molar refractivity (Wildman–Crippen MR) is 56.8 cm³/mol. The van der Waals surface area contributed by atoms with Crippen LogP contribution in [0.4, 0.5) is 0 Å². The van der Waals surface area contributed by atoms with Crippen LogP contribution in [0.1, 0.15) is 17.8 Å². The Morgan fingerprint density at radius 1 is 1.57 bits per heavy atom. The molecule has 14 heavy (non-hydrogen) atoms. The van der Waals surface area contributed by atoms with Gasteiger partial charge in [0.1, 0.15) is 0 Å². The molecule has 3 nitrogen and oxygen atoms in total. The average Bonchev–Trinajstić information content (AvgIpc) is 2.14. The summed E-state index contributed by atoms with van der Waals surface area (Å²) >= 11 is 0. The van der Waals surface area contributed by atoms with Crippen molar-refractivity contribution in [3.63, 3.8) is 0 Å². The molecule has 1 saturated heterocycles. The fraction of sp³-hybridized carbons (Fsp3) is 0.545. The number of likely N-dealkylation sites (tertiary alicyclic amines) is 1. The molecule has 1 fully saturated rings. The van der Waals surface area contributed by atoms with Gasteiger partial charge in [-0.25, -0.2) is 0 Å². The zero-order valence-corrected chi connectivity index (χ0v) is 8.61. The van der Waals surface area contributed by atoms with E-state index in [0.29, 0.717) is 6.04 Å². The van der Waals surface area contributed by atoms with Crippen LogP contribution < -0.4 is 5.73 Å². The Morgan fingerprint density at radius 3 is 3.00 bits per heavy atom. The summed E-state index contributed by atoms with van der Waals surface area (Å²) in [5, 5.41) is 0. The molecule has 0 aliphatic carbocycles. The molecule has 1 aromatic heterocycles. The highest BCUT2D eigenvalue weighted by Crippen LogP contribution is 2.18. The van der Waals surface area contributed by atoms with Crippen LogP contribution in [-0.2, 0) is 6.54 Å². The molecule has 0 amide bonds. The van der Waals surface area contributed by atoms with Crippen LogP contribution in [0.15, 0.2) is 18.2 Å². The first-order valence-corrected chi connectivity index (χ1v) is 5.16. The molecular weight excluding hydrogens is 174 g/mol. The predicted octanol–water partition coefficient (Wildman–Crippen LogP) is 0.923. The van der Waals surface area contributed by atoms with Crippen molar-refractivity contribution in [3.05, 3.63) is 29.6 Å². The molecular formula is C11H17N3. The molecule has 2 N–H and O–H groups in total. The Bertz CT molecular complexity index is 309. The molecule has 0 spiro atoms. The third-order valence-corrected chi connectivity index (χ3v) is 2.85. The van der Waals surface area contributed by atoms with Gasteiger partial charge in [-0.3, -0.25) is 9.88 Å². The largest absolute Gasteiger partial charge is 0.329 e.